The lowest BCUT2D eigenvalue weighted by atomic mass is 9.79. The standard InChI is InChI=1S/C16H33NO3/c1-4-16(5-2,14-17-15-6-7-15)8-9-19-12-13-20-11-10-18-3/h15,17H,4-14H2,1-3H3. The summed E-state index contributed by atoms with van der Waals surface area (Å²) >= 11 is 0. The zero-order chi connectivity index (χ0) is 14.7. The summed E-state index contributed by atoms with van der Waals surface area (Å²) < 4.78 is 16.0. The van der Waals surface area contributed by atoms with Crippen molar-refractivity contribution in [3.63, 3.8) is 0 Å². The highest BCUT2D eigenvalue weighted by atomic mass is 16.5. The highest BCUT2D eigenvalue weighted by Crippen LogP contribution is 2.31. The minimum absolute atomic E-state index is 0.402. The van der Waals surface area contributed by atoms with Crippen LogP contribution in [0.4, 0.5) is 0 Å². The third-order valence-corrected chi connectivity index (χ3v) is 4.42. The molecule has 0 aromatic heterocycles. The summed E-state index contributed by atoms with van der Waals surface area (Å²) in [6, 6.07) is 0.794. The Morgan fingerprint density at radius 2 is 1.55 bits per heavy atom. The Morgan fingerprint density at radius 1 is 0.950 bits per heavy atom. The van der Waals surface area contributed by atoms with E-state index in [1.807, 2.05) is 0 Å². The molecule has 0 aliphatic heterocycles. The first-order valence-electron chi connectivity index (χ1n) is 8.14. The van der Waals surface area contributed by atoms with Gasteiger partial charge in [-0.2, -0.15) is 0 Å². The lowest BCUT2D eigenvalue weighted by Crippen LogP contribution is -2.35. The molecule has 0 saturated heterocycles. The van der Waals surface area contributed by atoms with E-state index in [1.54, 1.807) is 7.11 Å². The van der Waals surface area contributed by atoms with Gasteiger partial charge >= 0.3 is 0 Å². The highest BCUT2D eigenvalue weighted by molar-refractivity contribution is 4.86. The Hall–Kier alpha value is -0.160. The topological polar surface area (TPSA) is 39.7 Å². The molecular formula is C16H33NO3. The van der Waals surface area contributed by atoms with Crippen LogP contribution in [-0.2, 0) is 14.2 Å². The van der Waals surface area contributed by atoms with Crippen molar-refractivity contribution in [3.05, 3.63) is 0 Å². The van der Waals surface area contributed by atoms with E-state index >= 15 is 0 Å². The molecule has 120 valence electrons. The minimum atomic E-state index is 0.402. The third kappa shape index (κ3) is 7.58. The monoisotopic (exact) mass is 287 g/mol. The Bertz CT molecular complexity index is 228. The van der Waals surface area contributed by atoms with Gasteiger partial charge in [0.15, 0.2) is 0 Å². The molecule has 0 aromatic carbocycles. The van der Waals surface area contributed by atoms with E-state index in [1.165, 1.54) is 25.7 Å². The molecule has 1 aliphatic rings. The highest BCUT2D eigenvalue weighted by Gasteiger charge is 2.29. The molecule has 1 aliphatic carbocycles. The van der Waals surface area contributed by atoms with Gasteiger partial charge in [0.05, 0.1) is 26.4 Å². The minimum Gasteiger partial charge on any atom is -0.382 e. The smallest absolute Gasteiger partial charge is 0.0701 e. The Labute approximate surface area is 124 Å². The number of ether oxygens (including phenoxy) is 3. The van der Waals surface area contributed by atoms with E-state index in [0.717, 1.165) is 25.6 Å². The summed E-state index contributed by atoms with van der Waals surface area (Å²) in [4.78, 5) is 0. The molecule has 1 N–H and O–H groups in total. The largest absolute Gasteiger partial charge is 0.382 e. The van der Waals surface area contributed by atoms with E-state index in [2.05, 4.69) is 19.2 Å². The van der Waals surface area contributed by atoms with Gasteiger partial charge in [-0.25, -0.2) is 0 Å². The van der Waals surface area contributed by atoms with Crippen molar-refractivity contribution in [1.29, 1.82) is 0 Å². The number of hydrogen-bond donors (Lipinski definition) is 1. The van der Waals surface area contributed by atoms with E-state index in [9.17, 15) is 0 Å². The summed E-state index contributed by atoms with van der Waals surface area (Å²) in [5, 5.41) is 3.68. The fourth-order valence-corrected chi connectivity index (χ4v) is 2.34. The predicted octanol–water partition coefficient (Wildman–Crippen LogP) is 2.61. The molecule has 0 aromatic rings. The zero-order valence-electron chi connectivity index (χ0n) is 13.6. The van der Waals surface area contributed by atoms with Gasteiger partial charge in [-0.3, -0.25) is 0 Å². The summed E-state index contributed by atoms with van der Waals surface area (Å²) in [7, 11) is 1.69. The molecule has 0 atom stereocenters. The van der Waals surface area contributed by atoms with Gasteiger partial charge in [0.2, 0.25) is 0 Å². The van der Waals surface area contributed by atoms with Gasteiger partial charge in [-0.05, 0) is 37.5 Å². The normalized spacial score (nSPS) is 15.8. The first-order valence-corrected chi connectivity index (χ1v) is 8.14. The number of methoxy groups -OCH3 is 1. The molecule has 0 radical (unpaired) electrons. The average molecular weight is 287 g/mol. The molecule has 20 heavy (non-hydrogen) atoms. The molecule has 4 nitrogen and oxygen atoms in total. The van der Waals surface area contributed by atoms with Crippen molar-refractivity contribution in [1.82, 2.24) is 5.32 Å². The summed E-state index contributed by atoms with van der Waals surface area (Å²) in [5.41, 5.74) is 0.402. The quantitative estimate of drug-likeness (QED) is 0.499. The molecule has 1 saturated carbocycles. The molecule has 1 fully saturated rings. The van der Waals surface area contributed by atoms with Crippen LogP contribution in [0.15, 0.2) is 0 Å². The predicted molar refractivity (Wildman–Crippen MR) is 82.2 cm³/mol. The maximum Gasteiger partial charge on any atom is 0.0701 e. The molecule has 0 heterocycles. The molecular weight excluding hydrogens is 254 g/mol. The maximum absolute atomic E-state index is 5.70. The first-order chi connectivity index (χ1) is 9.76. The van der Waals surface area contributed by atoms with E-state index in [4.69, 9.17) is 14.2 Å². The maximum atomic E-state index is 5.70. The van der Waals surface area contributed by atoms with Crippen LogP contribution in [0.3, 0.4) is 0 Å². The van der Waals surface area contributed by atoms with Crippen LogP contribution < -0.4 is 5.32 Å². The van der Waals surface area contributed by atoms with Crippen LogP contribution in [0, 0.1) is 5.41 Å². The Balaban J connectivity index is 2.05. The second kappa shape index (κ2) is 10.6. The van der Waals surface area contributed by atoms with E-state index < -0.39 is 0 Å². The van der Waals surface area contributed by atoms with Crippen molar-refractivity contribution >= 4 is 0 Å². The van der Waals surface area contributed by atoms with Crippen molar-refractivity contribution in [2.24, 2.45) is 5.41 Å². The van der Waals surface area contributed by atoms with Gasteiger partial charge in [-0.1, -0.05) is 13.8 Å². The van der Waals surface area contributed by atoms with Crippen molar-refractivity contribution < 1.29 is 14.2 Å². The molecule has 4 heteroatoms. The fourth-order valence-electron chi connectivity index (χ4n) is 2.34. The summed E-state index contributed by atoms with van der Waals surface area (Å²) in [6.07, 6.45) is 6.29. The van der Waals surface area contributed by atoms with Gasteiger partial charge < -0.3 is 19.5 Å². The number of rotatable bonds is 14. The number of nitrogens with one attached hydrogen (secondary N) is 1. The lowest BCUT2D eigenvalue weighted by Gasteiger charge is -2.32. The van der Waals surface area contributed by atoms with Crippen molar-refractivity contribution in [3.8, 4) is 0 Å². The van der Waals surface area contributed by atoms with E-state index in [0.29, 0.717) is 31.8 Å². The first kappa shape index (κ1) is 17.9. The van der Waals surface area contributed by atoms with Gasteiger partial charge in [0.1, 0.15) is 0 Å². The summed E-state index contributed by atoms with van der Waals surface area (Å²) in [6.45, 7) is 9.22. The van der Waals surface area contributed by atoms with Gasteiger partial charge in [0, 0.05) is 26.3 Å². The van der Waals surface area contributed by atoms with Crippen molar-refractivity contribution in [2.45, 2.75) is 52.0 Å². The van der Waals surface area contributed by atoms with Gasteiger partial charge in [-0.15, -0.1) is 0 Å². The molecule has 1 rings (SSSR count). The zero-order valence-corrected chi connectivity index (χ0v) is 13.6. The Morgan fingerprint density at radius 3 is 2.10 bits per heavy atom. The average Bonchev–Trinajstić information content (AvgIpc) is 3.30. The molecule has 0 unspecified atom stereocenters. The van der Waals surface area contributed by atoms with Crippen LogP contribution in [0.2, 0.25) is 0 Å². The van der Waals surface area contributed by atoms with Crippen molar-refractivity contribution in [2.75, 3.05) is 46.7 Å². The van der Waals surface area contributed by atoms with E-state index in [-0.39, 0.29) is 0 Å². The lowest BCUT2D eigenvalue weighted by molar-refractivity contribution is 0.0154. The Kier molecular flexibility index (Phi) is 9.44. The number of hydrogen-bond acceptors (Lipinski definition) is 4. The van der Waals surface area contributed by atoms with Gasteiger partial charge in [0.25, 0.3) is 0 Å². The van der Waals surface area contributed by atoms with Crippen LogP contribution in [-0.4, -0.2) is 52.7 Å². The molecule has 0 bridgehead atoms. The van der Waals surface area contributed by atoms with Crippen LogP contribution in [0.1, 0.15) is 46.0 Å². The molecule has 0 amide bonds. The van der Waals surface area contributed by atoms with Crippen LogP contribution in [0.5, 0.6) is 0 Å². The summed E-state index contributed by atoms with van der Waals surface area (Å²) in [5.74, 6) is 0. The molecule has 0 spiro atoms. The second-order valence-electron chi connectivity index (χ2n) is 5.83. The third-order valence-electron chi connectivity index (χ3n) is 4.42. The van der Waals surface area contributed by atoms with Crippen LogP contribution >= 0.6 is 0 Å². The fraction of sp³-hybridized carbons (Fsp3) is 1.00. The van der Waals surface area contributed by atoms with Crippen LogP contribution in [0.25, 0.3) is 0 Å². The second-order valence-corrected chi connectivity index (χ2v) is 5.83. The SMILES string of the molecule is CCC(CC)(CCOCCOCCOC)CNC1CC1.